The van der Waals surface area contributed by atoms with E-state index in [0.717, 1.165) is 34.7 Å². The molecule has 0 amide bonds. The fourth-order valence-electron chi connectivity index (χ4n) is 2.49. The summed E-state index contributed by atoms with van der Waals surface area (Å²) in [6.07, 6.45) is 1.45. The summed E-state index contributed by atoms with van der Waals surface area (Å²) in [6, 6.07) is 11.8. The molecule has 0 aliphatic rings. The van der Waals surface area contributed by atoms with Crippen molar-refractivity contribution in [2.24, 2.45) is 0 Å². The van der Waals surface area contributed by atoms with Crippen molar-refractivity contribution >= 4 is 22.7 Å². The Bertz CT molecular complexity index is 801. The Hall–Kier alpha value is -2.60. The number of para-hydroxylation sites is 1. The highest BCUT2D eigenvalue weighted by molar-refractivity contribution is 5.89. The van der Waals surface area contributed by atoms with Gasteiger partial charge in [0.25, 0.3) is 0 Å². The summed E-state index contributed by atoms with van der Waals surface area (Å²) < 4.78 is 5.56. The van der Waals surface area contributed by atoms with Crippen LogP contribution >= 0.6 is 0 Å². The first-order valence-corrected chi connectivity index (χ1v) is 8.17. The lowest BCUT2D eigenvalue weighted by molar-refractivity contribution is 0.292. The van der Waals surface area contributed by atoms with Gasteiger partial charge in [0.1, 0.15) is 17.3 Å². The number of hydrogen-bond acceptors (Lipinski definition) is 6. The van der Waals surface area contributed by atoms with Gasteiger partial charge < -0.3 is 20.2 Å². The Morgan fingerprint density at radius 2 is 1.92 bits per heavy atom. The molecule has 6 nitrogen and oxygen atoms in total. The maximum absolute atomic E-state index is 8.94. The molecule has 0 aliphatic heterocycles. The summed E-state index contributed by atoms with van der Waals surface area (Å²) in [5.41, 5.74) is 0.885. The van der Waals surface area contributed by atoms with Gasteiger partial charge in [0.15, 0.2) is 0 Å². The van der Waals surface area contributed by atoms with Crippen LogP contribution in [0.15, 0.2) is 40.8 Å². The molecular weight excluding hydrogens is 304 g/mol. The van der Waals surface area contributed by atoms with Gasteiger partial charge in [0.05, 0.1) is 5.52 Å². The number of benzene rings is 1. The smallest absolute Gasteiger partial charge is 0.225 e. The van der Waals surface area contributed by atoms with E-state index in [1.165, 1.54) is 0 Å². The van der Waals surface area contributed by atoms with Crippen LogP contribution in [0.25, 0.3) is 10.9 Å². The molecule has 6 heteroatoms. The molecule has 3 rings (SSSR count). The SMILES string of the molecule is Cc1ccc(CCNc2nc(NCCCO)c3ccccc3n2)o1. The Labute approximate surface area is 140 Å². The standard InChI is InChI=1S/C18H22N4O2/c1-13-7-8-14(24-13)9-11-20-18-21-16-6-3-2-5-15(16)17(22-18)19-10-4-12-23/h2-3,5-8,23H,4,9-12H2,1H3,(H2,19,20,21,22). The number of aryl methyl sites for hydroxylation is 1. The van der Waals surface area contributed by atoms with Gasteiger partial charge in [-0.2, -0.15) is 4.98 Å². The molecule has 2 heterocycles. The van der Waals surface area contributed by atoms with E-state index in [-0.39, 0.29) is 6.61 Å². The summed E-state index contributed by atoms with van der Waals surface area (Å²) in [5, 5.41) is 16.4. The van der Waals surface area contributed by atoms with Crippen molar-refractivity contribution in [1.29, 1.82) is 0 Å². The molecule has 0 aliphatic carbocycles. The molecule has 0 radical (unpaired) electrons. The number of hydrogen-bond donors (Lipinski definition) is 3. The summed E-state index contributed by atoms with van der Waals surface area (Å²) in [5.74, 6) is 3.23. The Balaban J connectivity index is 1.72. The molecule has 0 atom stereocenters. The number of aromatic nitrogens is 2. The van der Waals surface area contributed by atoms with Gasteiger partial charge in [0, 0.05) is 31.5 Å². The number of nitrogens with zero attached hydrogens (tertiary/aromatic N) is 2. The lowest BCUT2D eigenvalue weighted by Crippen LogP contribution is -2.11. The normalized spacial score (nSPS) is 10.9. The lowest BCUT2D eigenvalue weighted by atomic mass is 10.2. The third-order valence-electron chi connectivity index (χ3n) is 3.68. The first-order chi connectivity index (χ1) is 11.8. The zero-order chi connectivity index (χ0) is 16.8. The molecule has 2 aromatic heterocycles. The molecule has 0 spiro atoms. The Morgan fingerprint density at radius 3 is 2.71 bits per heavy atom. The average Bonchev–Trinajstić information content (AvgIpc) is 3.00. The largest absolute Gasteiger partial charge is 0.466 e. The van der Waals surface area contributed by atoms with Crippen molar-refractivity contribution in [2.75, 3.05) is 30.3 Å². The van der Waals surface area contributed by atoms with E-state index in [9.17, 15) is 0 Å². The molecule has 0 saturated heterocycles. The van der Waals surface area contributed by atoms with Crippen LogP contribution in [0.1, 0.15) is 17.9 Å². The van der Waals surface area contributed by atoms with E-state index < -0.39 is 0 Å². The molecule has 1 aromatic carbocycles. The fraction of sp³-hybridized carbons (Fsp3) is 0.333. The van der Waals surface area contributed by atoms with Gasteiger partial charge in [-0.3, -0.25) is 0 Å². The van der Waals surface area contributed by atoms with Crippen molar-refractivity contribution in [3.63, 3.8) is 0 Å². The summed E-state index contributed by atoms with van der Waals surface area (Å²) in [6.45, 7) is 3.46. The fourth-order valence-corrected chi connectivity index (χ4v) is 2.49. The quantitative estimate of drug-likeness (QED) is 0.552. The Kier molecular flexibility index (Phi) is 5.28. The molecule has 0 unspecified atom stereocenters. The molecule has 126 valence electrons. The minimum absolute atomic E-state index is 0.156. The van der Waals surface area contributed by atoms with Crippen LogP contribution in [0.5, 0.6) is 0 Å². The van der Waals surface area contributed by atoms with E-state index in [2.05, 4.69) is 20.6 Å². The van der Waals surface area contributed by atoms with Crippen molar-refractivity contribution < 1.29 is 9.52 Å². The molecule has 0 bridgehead atoms. The van der Waals surface area contributed by atoms with Crippen molar-refractivity contribution in [3.05, 3.63) is 47.9 Å². The highest BCUT2D eigenvalue weighted by Crippen LogP contribution is 2.21. The van der Waals surface area contributed by atoms with Gasteiger partial charge in [-0.25, -0.2) is 4.98 Å². The van der Waals surface area contributed by atoms with Gasteiger partial charge in [-0.1, -0.05) is 12.1 Å². The highest BCUT2D eigenvalue weighted by atomic mass is 16.3. The minimum atomic E-state index is 0.156. The van der Waals surface area contributed by atoms with E-state index in [4.69, 9.17) is 9.52 Å². The summed E-state index contributed by atoms with van der Waals surface area (Å²) >= 11 is 0. The van der Waals surface area contributed by atoms with Crippen LogP contribution in [0.4, 0.5) is 11.8 Å². The second-order valence-electron chi connectivity index (χ2n) is 5.61. The second-order valence-corrected chi connectivity index (χ2v) is 5.61. The second kappa shape index (κ2) is 7.79. The van der Waals surface area contributed by atoms with Crippen LogP contribution < -0.4 is 10.6 Å². The zero-order valence-corrected chi connectivity index (χ0v) is 13.7. The summed E-state index contributed by atoms with van der Waals surface area (Å²) in [7, 11) is 0. The molecule has 24 heavy (non-hydrogen) atoms. The number of fused-ring (bicyclic) bond motifs is 1. The van der Waals surface area contributed by atoms with E-state index in [0.29, 0.717) is 25.5 Å². The first-order valence-electron chi connectivity index (χ1n) is 8.17. The number of furan rings is 1. The van der Waals surface area contributed by atoms with Gasteiger partial charge in [0.2, 0.25) is 5.95 Å². The van der Waals surface area contributed by atoms with Crippen molar-refractivity contribution in [2.45, 2.75) is 19.8 Å². The molecule has 0 fully saturated rings. The average molecular weight is 326 g/mol. The number of rotatable bonds is 8. The lowest BCUT2D eigenvalue weighted by Gasteiger charge is -2.11. The van der Waals surface area contributed by atoms with Crippen molar-refractivity contribution in [1.82, 2.24) is 9.97 Å². The monoisotopic (exact) mass is 326 g/mol. The van der Waals surface area contributed by atoms with Crippen LogP contribution in [0.2, 0.25) is 0 Å². The molecule has 3 N–H and O–H groups in total. The third kappa shape index (κ3) is 4.02. The topological polar surface area (TPSA) is 83.2 Å². The van der Waals surface area contributed by atoms with E-state index in [1.807, 2.05) is 43.3 Å². The number of aliphatic hydroxyl groups excluding tert-OH is 1. The molecule has 3 aromatic rings. The van der Waals surface area contributed by atoms with Crippen molar-refractivity contribution in [3.8, 4) is 0 Å². The molecular formula is C18H22N4O2. The first kappa shape index (κ1) is 16.3. The minimum Gasteiger partial charge on any atom is -0.466 e. The van der Waals surface area contributed by atoms with Gasteiger partial charge >= 0.3 is 0 Å². The third-order valence-corrected chi connectivity index (χ3v) is 3.68. The zero-order valence-electron chi connectivity index (χ0n) is 13.7. The maximum Gasteiger partial charge on any atom is 0.225 e. The van der Waals surface area contributed by atoms with Gasteiger partial charge in [-0.15, -0.1) is 0 Å². The van der Waals surface area contributed by atoms with Crippen LogP contribution in [0.3, 0.4) is 0 Å². The van der Waals surface area contributed by atoms with Crippen LogP contribution in [0, 0.1) is 6.92 Å². The van der Waals surface area contributed by atoms with Crippen LogP contribution in [-0.2, 0) is 6.42 Å². The number of anilines is 2. The maximum atomic E-state index is 8.94. The predicted molar refractivity (Wildman–Crippen MR) is 95.4 cm³/mol. The van der Waals surface area contributed by atoms with E-state index in [1.54, 1.807) is 0 Å². The van der Waals surface area contributed by atoms with Crippen LogP contribution in [-0.4, -0.2) is 34.8 Å². The number of aliphatic hydroxyl groups is 1. The highest BCUT2D eigenvalue weighted by Gasteiger charge is 2.07. The summed E-state index contributed by atoms with van der Waals surface area (Å²) in [4.78, 5) is 9.12. The van der Waals surface area contributed by atoms with E-state index >= 15 is 0 Å². The number of nitrogens with one attached hydrogen (secondary N) is 2. The predicted octanol–water partition coefficient (Wildman–Crippen LogP) is 2.98. The molecule has 0 saturated carbocycles. The van der Waals surface area contributed by atoms with Gasteiger partial charge in [-0.05, 0) is 37.6 Å². The Morgan fingerprint density at radius 1 is 1.04 bits per heavy atom.